The van der Waals surface area contributed by atoms with E-state index in [9.17, 15) is 0 Å². The van der Waals surface area contributed by atoms with E-state index in [0.717, 1.165) is 30.3 Å². The van der Waals surface area contributed by atoms with E-state index in [4.69, 9.17) is 16.3 Å². The Morgan fingerprint density at radius 3 is 2.53 bits per heavy atom. The molecule has 0 heterocycles. The molecule has 19 heavy (non-hydrogen) atoms. The van der Waals surface area contributed by atoms with Gasteiger partial charge in [-0.2, -0.15) is 0 Å². The van der Waals surface area contributed by atoms with Gasteiger partial charge in [-0.3, -0.25) is 0 Å². The molecule has 2 aromatic rings. The summed E-state index contributed by atoms with van der Waals surface area (Å²) in [5, 5.41) is 4.21. The zero-order chi connectivity index (χ0) is 13.5. The summed E-state index contributed by atoms with van der Waals surface area (Å²) in [5.41, 5.74) is 2.47. The Morgan fingerprint density at radius 2 is 1.79 bits per heavy atom. The standard InChI is InChI=1S/C16H18ClNO/c1-19-16-5-3-2-4-14(16)12-18-11-10-13-6-8-15(17)9-7-13/h2-9,18H,10-12H2,1H3. The van der Waals surface area contributed by atoms with Gasteiger partial charge in [-0.15, -0.1) is 0 Å². The molecule has 1 N–H and O–H groups in total. The molecule has 0 unspecified atom stereocenters. The summed E-state index contributed by atoms with van der Waals surface area (Å²) in [7, 11) is 1.70. The summed E-state index contributed by atoms with van der Waals surface area (Å²) >= 11 is 5.86. The maximum atomic E-state index is 5.86. The Morgan fingerprint density at radius 1 is 1.05 bits per heavy atom. The van der Waals surface area contributed by atoms with E-state index in [2.05, 4.69) is 23.5 Å². The Bertz CT molecular complexity index is 510. The summed E-state index contributed by atoms with van der Waals surface area (Å²) in [6, 6.07) is 16.0. The Kier molecular flexibility index (Phi) is 5.25. The first-order chi connectivity index (χ1) is 9.29. The molecule has 100 valence electrons. The maximum Gasteiger partial charge on any atom is 0.123 e. The fourth-order valence-electron chi connectivity index (χ4n) is 1.96. The number of ether oxygens (including phenoxy) is 1. The third-order valence-electron chi connectivity index (χ3n) is 3.01. The molecule has 2 aromatic carbocycles. The molecule has 0 radical (unpaired) electrons. The quantitative estimate of drug-likeness (QED) is 0.812. The van der Waals surface area contributed by atoms with Crippen LogP contribution in [0.2, 0.25) is 5.02 Å². The van der Waals surface area contributed by atoms with E-state index in [1.165, 1.54) is 11.1 Å². The summed E-state index contributed by atoms with van der Waals surface area (Å²) in [6.07, 6.45) is 0.992. The smallest absolute Gasteiger partial charge is 0.123 e. The van der Waals surface area contributed by atoms with Crippen molar-refractivity contribution in [2.75, 3.05) is 13.7 Å². The van der Waals surface area contributed by atoms with Gasteiger partial charge < -0.3 is 10.1 Å². The summed E-state index contributed by atoms with van der Waals surface area (Å²) in [4.78, 5) is 0. The highest BCUT2D eigenvalue weighted by atomic mass is 35.5. The van der Waals surface area contributed by atoms with Crippen LogP contribution in [0.5, 0.6) is 5.75 Å². The zero-order valence-corrected chi connectivity index (χ0v) is 11.8. The van der Waals surface area contributed by atoms with E-state index in [0.29, 0.717) is 0 Å². The lowest BCUT2D eigenvalue weighted by atomic mass is 10.1. The molecule has 0 aliphatic rings. The first-order valence-electron chi connectivity index (χ1n) is 6.36. The number of nitrogens with one attached hydrogen (secondary N) is 1. The van der Waals surface area contributed by atoms with Gasteiger partial charge in [0.25, 0.3) is 0 Å². The van der Waals surface area contributed by atoms with Crippen LogP contribution in [0.4, 0.5) is 0 Å². The van der Waals surface area contributed by atoms with Gasteiger partial charge in [-0.1, -0.05) is 41.9 Å². The molecule has 0 aromatic heterocycles. The molecule has 0 saturated carbocycles. The Hall–Kier alpha value is -1.51. The Labute approximate surface area is 119 Å². The van der Waals surface area contributed by atoms with E-state index < -0.39 is 0 Å². The van der Waals surface area contributed by atoms with Gasteiger partial charge in [-0.05, 0) is 36.7 Å². The van der Waals surface area contributed by atoms with E-state index in [1.807, 2.05) is 30.3 Å². The minimum absolute atomic E-state index is 0.783. The highest BCUT2D eigenvalue weighted by molar-refractivity contribution is 6.30. The van der Waals surface area contributed by atoms with Gasteiger partial charge in [0.1, 0.15) is 5.75 Å². The lowest BCUT2D eigenvalue weighted by molar-refractivity contribution is 0.408. The van der Waals surface area contributed by atoms with Crippen molar-refractivity contribution in [2.24, 2.45) is 0 Å². The molecular weight excluding hydrogens is 258 g/mol. The monoisotopic (exact) mass is 275 g/mol. The van der Waals surface area contributed by atoms with Crippen LogP contribution in [0, 0.1) is 0 Å². The van der Waals surface area contributed by atoms with Crippen molar-refractivity contribution in [2.45, 2.75) is 13.0 Å². The third-order valence-corrected chi connectivity index (χ3v) is 3.26. The van der Waals surface area contributed by atoms with Crippen LogP contribution >= 0.6 is 11.6 Å². The number of hydrogen-bond donors (Lipinski definition) is 1. The molecule has 0 fully saturated rings. The van der Waals surface area contributed by atoms with Crippen LogP contribution < -0.4 is 10.1 Å². The molecule has 2 nitrogen and oxygen atoms in total. The van der Waals surface area contributed by atoms with Crippen molar-refractivity contribution in [1.82, 2.24) is 5.32 Å². The number of hydrogen-bond acceptors (Lipinski definition) is 2. The molecule has 0 saturated heterocycles. The summed E-state index contributed by atoms with van der Waals surface area (Å²) in [6.45, 7) is 1.75. The largest absolute Gasteiger partial charge is 0.496 e. The fraction of sp³-hybridized carbons (Fsp3) is 0.250. The van der Waals surface area contributed by atoms with E-state index in [1.54, 1.807) is 7.11 Å². The van der Waals surface area contributed by atoms with Gasteiger partial charge in [0.2, 0.25) is 0 Å². The van der Waals surface area contributed by atoms with Gasteiger partial charge >= 0.3 is 0 Å². The van der Waals surface area contributed by atoms with Crippen molar-refractivity contribution >= 4 is 11.6 Å². The number of methoxy groups -OCH3 is 1. The molecule has 0 aliphatic heterocycles. The Balaban J connectivity index is 1.79. The molecule has 0 aliphatic carbocycles. The second-order valence-electron chi connectivity index (χ2n) is 4.37. The number of benzene rings is 2. The lowest BCUT2D eigenvalue weighted by Gasteiger charge is -2.09. The number of halogens is 1. The fourth-order valence-corrected chi connectivity index (χ4v) is 2.08. The van der Waals surface area contributed by atoms with E-state index in [-0.39, 0.29) is 0 Å². The molecule has 2 rings (SSSR count). The second-order valence-corrected chi connectivity index (χ2v) is 4.80. The van der Waals surface area contributed by atoms with Crippen molar-refractivity contribution in [1.29, 1.82) is 0 Å². The van der Waals surface area contributed by atoms with Crippen molar-refractivity contribution < 1.29 is 4.74 Å². The number of rotatable bonds is 6. The average molecular weight is 276 g/mol. The molecule has 0 spiro atoms. The lowest BCUT2D eigenvalue weighted by Crippen LogP contribution is -2.17. The van der Waals surface area contributed by atoms with Crippen LogP contribution in [-0.4, -0.2) is 13.7 Å². The first-order valence-corrected chi connectivity index (χ1v) is 6.74. The van der Waals surface area contributed by atoms with Crippen LogP contribution in [0.3, 0.4) is 0 Å². The van der Waals surface area contributed by atoms with Gasteiger partial charge in [0.05, 0.1) is 7.11 Å². The van der Waals surface area contributed by atoms with Gasteiger partial charge in [-0.25, -0.2) is 0 Å². The van der Waals surface area contributed by atoms with Gasteiger partial charge in [0, 0.05) is 17.1 Å². The van der Waals surface area contributed by atoms with Crippen LogP contribution in [0.1, 0.15) is 11.1 Å². The molecule has 0 atom stereocenters. The van der Waals surface area contributed by atoms with Crippen LogP contribution in [0.25, 0.3) is 0 Å². The highest BCUT2D eigenvalue weighted by Crippen LogP contribution is 2.16. The zero-order valence-electron chi connectivity index (χ0n) is 11.0. The average Bonchev–Trinajstić information content (AvgIpc) is 2.46. The van der Waals surface area contributed by atoms with Gasteiger partial charge in [0.15, 0.2) is 0 Å². The minimum Gasteiger partial charge on any atom is -0.496 e. The maximum absolute atomic E-state index is 5.86. The summed E-state index contributed by atoms with van der Waals surface area (Å²) in [5.74, 6) is 0.932. The first kappa shape index (κ1) is 13.9. The molecule has 3 heteroatoms. The minimum atomic E-state index is 0.783. The van der Waals surface area contributed by atoms with Crippen LogP contribution in [-0.2, 0) is 13.0 Å². The molecule has 0 amide bonds. The highest BCUT2D eigenvalue weighted by Gasteiger charge is 2.00. The molecule has 0 bridgehead atoms. The van der Waals surface area contributed by atoms with Crippen LogP contribution in [0.15, 0.2) is 48.5 Å². The number of para-hydroxylation sites is 1. The van der Waals surface area contributed by atoms with Crippen molar-refractivity contribution in [3.8, 4) is 5.75 Å². The molecular formula is C16H18ClNO. The van der Waals surface area contributed by atoms with Crippen molar-refractivity contribution in [3.63, 3.8) is 0 Å². The summed E-state index contributed by atoms with van der Waals surface area (Å²) < 4.78 is 5.32. The normalized spacial score (nSPS) is 10.4. The predicted molar refractivity (Wildman–Crippen MR) is 79.9 cm³/mol. The van der Waals surface area contributed by atoms with Crippen molar-refractivity contribution in [3.05, 3.63) is 64.7 Å². The van der Waals surface area contributed by atoms with E-state index >= 15 is 0 Å². The third kappa shape index (κ3) is 4.27. The SMILES string of the molecule is COc1ccccc1CNCCc1ccc(Cl)cc1. The predicted octanol–water partition coefficient (Wildman–Crippen LogP) is 3.68. The second kappa shape index (κ2) is 7.17. The topological polar surface area (TPSA) is 21.3 Å².